The predicted octanol–water partition coefficient (Wildman–Crippen LogP) is 3.68. The molecule has 0 heterocycles. The van der Waals surface area contributed by atoms with Gasteiger partial charge in [-0.15, -0.1) is 0 Å². The van der Waals surface area contributed by atoms with Gasteiger partial charge in [0.25, 0.3) is 0 Å². The van der Waals surface area contributed by atoms with Crippen molar-refractivity contribution in [3.63, 3.8) is 0 Å². The van der Waals surface area contributed by atoms with Crippen molar-refractivity contribution in [2.45, 2.75) is 53.4 Å². The Morgan fingerprint density at radius 1 is 1.22 bits per heavy atom. The molecule has 0 aromatic rings. The van der Waals surface area contributed by atoms with Crippen molar-refractivity contribution >= 4 is 0 Å². The van der Waals surface area contributed by atoms with Crippen molar-refractivity contribution in [1.82, 2.24) is 4.90 Å². The zero-order chi connectivity index (χ0) is 14.0. The summed E-state index contributed by atoms with van der Waals surface area (Å²) in [6.45, 7) is 12.2. The highest BCUT2D eigenvalue weighted by Gasteiger charge is 2.06. The summed E-state index contributed by atoms with van der Waals surface area (Å²) in [6, 6.07) is 0. The Morgan fingerprint density at radius 2 is 1.89 bits per heavy atom. The Balaban J connectivity index is 3.71. The van der Waals surface area contributed by atoms with Gasteiger partial charge in [-0.05, 0) is 51.1 Å². The van der Waals surface area contributed by atoms with Gasteiger partial charge in [-0.3, -0.25) is 0 Å². The first-order valence-electron chi connectivity index (χ1n) is 7.56. The summed E-state index contributed by atoms with van der Waals surface area (Å²) in [5.74, 6) is 1.67. The number of hydrogen-bond acceptors (Lipinski definition) is 2. The Bertz CT molecular complexity index is 215. The standard InChI is InChI=1S/C16H34N2/c1-6-16(13-17)8-7-10-18(5)11-9-15(4)12-14(2)3/h8,14-15H,6-7,9-13,17H2,1-5H3. The summed E-state index contributed by atoms with van der Waals surface area (Å²) in [6.07, 6.45) is 7.20. The molecule has 18 heavy (non-hydrogen) atoms. The zero-order valence-electron chi connectivity index (χ0n) is 13.2. The second-order valence-electron chi connectivity index (χ2n) is 6.04. The van der Waals surface area contributed by atoms with Crippen LogP contribution in [0.15, 0.2) is 11.6 Å². The first-order chi connectivity index (χ1) is 8.49. The van der Waals surface area contributed by atoms with Crippen molar-refractivity contribution in [1.29, 1.82) is 0 Å². The summed E-state index contributed by atoms with van der Waals surface area (Å²) in [7, 11) is 2.23. The van der Waals surface area contributed by atoms with Crippen molar-refractivity contribution in [2.75, 3.05) is 26.7 Å². The molecule has 2 N–H and O–H groups in total. The SMILES string of the molecule is CCC(=CCCN(C)CCC(C)CC(C)C)CN. The third-order valence-corrected chi connectivity index (χ3v) is 3.54. The van der Waals surface area contributed by atoms with Crippen LogP contribution in [0.3, 0.4) is 0 Å². The molecule has 1 atom stereocenters. The van der Waals surface area contributed by atoms with E-state index in [1.165, 1.54) is 25.0 Å². The molecule has 0 spiro atoms. The third kappa shape index (κ3) is 9.67. The highest BCUT2D eigenvalue weighted by atomic mass is 15.1. The van der Waals surface area contributed by atoms with Crippen LogP contribution in [0, 0.1) is 11.8 Å². The van der Waals surface area contributed by atoms with Crippen LogP contribution in [0.2, 0.25) is 0 Å². The Morgan fingerprint density at radius 3 is 2.39 bits per heavy atom. The molecule has 0 aliphatic rings. The number of hydrogen-bond donors (Lipinski definition) is 1. The number of rotatable bonds is 10. The Hall–Kier alpha value is -0.340. The van der Waals surface area contributed by atoms with Crippen LogP contribution in [-0.4, -0.2) is 31.6 Å². The van der Waals surface area contributed by atoms with Gasteiger partial charge in [-0.1, -0.05) is 39.3 Å². The molecule has 0 aliphatic heterocycles. The molecule has 0 rings (SSSR count). The summed E-state index contributed by atoms with van der Waals surface area (Å²) < 4.78 is 0. The monoisotopic (exact) mass is 254 g/mol. The van der Waals surface area contributed by atoms with E-state index in [9.17, 15) is 0 Å². The van der Waals surface area contributed by atoms with Gasteiger partial charge in [0.05, 0.1) is 0 Å². The lowest BCUT2D eigenvalue weighted by Gasteiger charge is -2.20. The molecule has 0 aromatic heterocycles. The van der Waals surface area contributed by atoms with Gasteiger partial charge >= 0.3 is 0 Å². The second kappa shape index (κ2) is 10.6. The van der Waals surface area contributed by atoms with Gasteiger partial charge in [-0.25, -0.2) is 0 Å². The molecule has 0 saturated heterocycles. The topological polar surface area (TPSA) is 29.3 Å². The highest BCUT2D eigenvalue weighted by Crippen LogP contribution is 2.14. The molecule has 0 aromatic carbocycles. The van der Waals surface area contributed by atoms with Crippen LogP contribution >= 0.6 is 0 Å². The van der Waals surface area contributed by atoms with Crippen LogP contribution in [0.25, 0.3) is 0 Å². The van der Waals surface area contributed by atoms with E-state index in [2.05, 4.69) is 45.7 Å². The van der Waals surface area contributed by atoms with Crippen molar-refractivity contribution < 1.29 is 0 Å². The van der Waals surface area contributed by atoms with Gasteiger partial charge in [0.2, 0.25) is 0 Å². The molecule has 0 radical (unpaired) electrons. The summed E-state index contributed by atoms with van der Waals surface area (Å²) >= 11 is 0. The lowest BCUT2D eigenvalue weighted by atomic mass is 9.96. The van der Waals surface area contributed by atoms with E-state index >= 15 is 0 Å². The van der Waals surface area contributed by atoms with Crippen molar-refractivity contribution in [2.24, 2.45) is 17.6 Å². The molecule has 0 amide bonds. The summed E-state index contributed by atoms with van der Waals surface area (Å²) in [5.41, 5.74) is 7.05. The molecule has 0 saturated carbocycles. The summed E-state index contributed by atoms with van der Waals surface area (Å²) in [5, 5.41) is 0. The minimum absolute atomic E-state index is 0.714. The van der Waals surface area contributed by atoms with Crippen LogP contribution in [-0.2, 0) is 0 Å². The van der Waals surface area contributed by atoms with E-state index in [0.29, 0.717) is 6.54 Å². The van der Waals surface area contributed by atoms with Gasteiger partial charge in [-0.2, -0.15) is 0 Å². The van der Waals surface area contributed by atoms with E-state index in [4.69, 9.17) is 5.73 Å². The fraction of sp³-hybridized carbons (Fsp3) is 0.875. The molecule has 0 fully saturated rings. The maximum absolute atomic E-state index is 5.66. The smallest absolute Gasteiger partial charge is 0.0136 e. The molecule has 2 nitrogen and oxygen atoms in total. The average molecular weight is 254 g/mol. The predicted molar refractivity (Wildman–Crippen MR) is 82.8 cm³/mol. The molecular weight excluding hydrogens is 220 g/mol. The number of nitrogens with zero attached hydrogens (tertiary/aromatic N) is 1. The molecule has 0 bridgehead atoms. The van der Waals surface area contributed by atoms with Crippen molar-refractivity contribution in [3.8, 4) is 0 Å². The third-order valence-electron chi connectivity index (χ3n) is 3.54. The van der Waals surface area contributed by atoms with Gasteiger partial charge < -0.3 is 10.6 Å². The first kappa shape index (κ1) is 17.7. The minimum atomic E-state index is 0.714. The van der Waals surface area contributed by atoms with Crippen LogP contribution in [0.1, 0.15) is 53.4 Å². The maximum atomic E-state index is 5.66. The Kier molecular flexibility index (Phi) is 10.4. The minimum Gasteiger partial charge on any atom is -0.327 e. The van der Waals surface area contributed by atoms with Gasteiger partial charge in [0.15, 0.2) is 0 Å². The van der Waals surface area contributed by atoms with E-state index in [0.717, 1.165) is 31.2 Å². The van der Waals surface area contributed by atoms with Crippen LogP contribution < -0.4 is 5.73 Å². The molecule has 2 heteroatoms. The molecule has 0 aliphatic carbocycles. The van der Waals surface area contributed by atoms with Gasteiger partial charge in [0, 0.05) is 13.1 Å². The van der Waals surface area contributed by atoms with Crippen LogP contribution in [0.5, 0.6) is 0 Å². The normalized spacial score (nSPS) is 14.6. The zero-order valence-corrected chi connectivity index (χ0v) is 13.2. The highest BCUT2D eigenvalue weighted by molar-refractivity contribution is 5.02. The molecule has 1 unspecified atom stereocenters. The molecule has 108 valence electrons. The summed E-state index contributed by atoms with van der Waals surface area (Å²) in [4.78, 5) is 2.44. The van der Waals surface area contributed by atoms with E-state index in [-0.39, 0.29) is 0 Å². The van der Waals surface area contributed by atoms with E-state index in [1.54, 1.807) is 0 Å². The Labute approximate surface area is 115 Å². The quantitative estimate of drug-likeness (QED) is 0.603. The van der Waals surface area contributed by atoms with Gasteiger partial charge in [0.1, 0.15) is 0 Å². The van der Waals surface area contributed by atoms with Crippen LogP contribution in [0.4, 0.5) is 0 Å². The molecular formula is C16H34N2. The number of nitrogens with two attached hydrogens (primary N) is 1. The van der Waals surface area contributed by atoms with Crippen molar-refractivity contribution in [3.05, 3.63) is 11.6 Å². The first-order valence-corrected chi connectivity index (χ1v) is 7.56. The maximum Gasteiger partial charge on any atom is 0.0136 e. The fourth-order valence-corrected chi connectivity index (χ4v) is 2.34. The van der Waals surface area contributed by atoms with E-state index in [1.807, 2.05) is 0 Å². The average Bonchev–Trinajstić information content (AvgIpc) is 2.31. The lowest BCUT2D eigenvalue weighted by Crippen LogP contribution is -2.22. The van der Waals surface area contributed by atoms with E-state index < -0.39 is 0 Å². The largest absolute Gasteiger partial charge is 0.327 e. The second-order valence-corrected chi connectivity index (χ2v) is 6.04. The fourth-order valence-electron chi connectivity index (χ4n) is 2.34. The lowest BCUT2D eigenvalue weighted by molar-refractivity contribution is 0.294.